The highest BCUT2D eigenvalue weighted by atomic mass is 32.1. The molecule has 1 N–H and O–H groups in total. The van der Waals surface area contributed by atoms with Crippen LogP contribution in [0.15, 0.2) is 35.0 Å². The standard InChI is InChI=1S/C16H18O2S/c17-15-5-1-4-14-13(15)3-2-6-16(14)18-9-7-12-8-10-19-11-12/h2-3,6,8,10-11,15,17H,1,4-5,7,9H2. The minimum absolute atomic E-state index is 0.316. The lowest BCUT2D eigenvalue weighted by Crippen LogP contribution is -2.11. The average Bonchev–Trinajstić information content (AvgIpc) is 2.93. The Bertz CT molecular complexity index is 534. The molecule has 0 spiro atoms. The molecule has 1 aliphatic rings. The van der Waals surface area contributed by atoms with Gasteiger partial charge < -0.3 is 9.84 Å². The van der Waals surface area contributed by atoms with E-state index in [0.29, 0.717) is 6.61 Å². The number of hydrogen-bond donors (Lipinski definition) is 1. The molecule has 2 nitrogen and oxygen atoms in total. The topological polar surface area (TPSA) is 29.5 Å². The molecule has 1 unspecified atom stereocenters. The molecular weight excluding hydrogens is 256 g/mol. The lowest BCUT2D eigenvalue weighted by Gasteiger charge is -2.23. The van der Waals surface area contributed by atoms with E-state index in [1.807, 2.05) is 18.2 Å². The second-order valence-electron chi connectivity index (χ2n) is 4.96. The summed E-state index contributed by atoms with van der Waals surface area (Å²) in [6, 6.07) is 8.15. The summed E-state index contributed by atoms with van der Waals surface area (Å²) in [4.78, 5) is 0. The minimum Gasteiger partial charge on any atom is -0.493 e. The first-order valence-electron chi connectivity index (χ1n) is 6.78. The van der Waals surface area contributed by atoms with Gasteiger partial charge >= 0.3 is 0 Å². The van der Waals surface area contributed by atoms with E-state index in [4.69, 9.17) is 4.74 Å². The number of hydrogen-bond acceptors (Lipinski definition) is 3. The smallest absolute Gasteiger partial charge is 0.122 e. The first kappa shape index (κ1) is 12.7. The quantitative estimate of drug-likeness (QED) is 0.920. The Morgan fingerprint density at radius 1 is 1.32 bits per heavy atom. The molecule has 2 aromatic rings. The summed E-state index contributed by atoms with van der Waals surface area (Å²) in [6.45, 7) is 0.698. The van der Waals surface area contributed by atoms with Gasteiger partial charge in [-0.3, -0.25) is 0 Å². The highest BCUT2D eigenvalue weighted by Gasteiger charge is 2.20. The van der Waals surface area contributed by atoms with Crippen LogP contribution in [0.1, 0.15) is 35.6 Å². The molecule has 0 saturated heterocycles. The summed E-state index contributed by atoms with van der Waals surface area (Å²) < 4.78 is 5.92. The zero-order valence-corrected chi connectivity index (χ0v) is 11.7. The van der Waals surface area contributed by atoms with Gasteiger partial charge in [0.25, 0.3) is 0 Å². The van der Waals surface area contributed by atoms with Crippen molar-refractivity contribution in [2.45, 2.75) is 31.8 Å². The van der Waals surface area contributed by atoms with Gasteiger partial charge in [-0.25, -0.2) is 0 Å². The predicted molar refractivity (Wildman–Crippen MR) is 77.9 cm³/mol. The second-order valence-corrected chi connectivity index (χ2v) is 5.74. The van der Waals surface area contributed by atoms with Crippen molar-refractivity contribution in [2.24, 2.45) is 0 Å². The molecule has 1 aromatic heterocycles. The Labute approximate surface area is 117 Å². The van der Waals surface area contributed by atoms with Crippen molar-refractivity contribution >= 4 is 11.3 Å². The van der Waals surface area contributed by atoms with Crippen LogP contribution in [0.4, 0.5) is 0 Å². The molecule has 1 atom stereocenters. The van der Waals surface area contributed by atoms with Gasteiger partial charge in [0.15, 0.2) is 0 Å². The molecule has 0 aliphatic heterocycles. The average molecular weight is 274 g/mol. The van der Waals surface area contributed by atoms with Crippen molar-refractivity contribution in [1.29, 1.82) is 0 Å². The molecule has 0 radical (unpaired) electrons. The molecule has 3 heteroatoms. The molecule has 0 bridgehead atoms. The highest BCUT2D eigenvalue weighted by Crippen LogP contribution is 2.35. The van der Waals surface area contributed by atoms with Crippen LogP contribution in [0, 0.1) is 0 Å². The van der Waals surface area contributed by atoms with E-state index < -0.39 is 0 Å². The van der Waals surface area contributed by atoms with E-state index in [9.17, 15) is 5.11 Å². The summed E-state index contributed by atoms with van der Waals surface area (Å²) in [5.74, 6) is 0.950. The summed E-state index contributed by atoms with van der Waals surface area (Å²) >= 11 is 1.72. The van der Waals surface area contributed by atoms with Gasteiger partial charge in [-0.1, -0.05) is 12.1 Å². The van der Waals surface area contributed by atoms with Crippen molar-refractivity contribution < 1.29 is 9.84 Å². The molecule has 1 aromatic carbocycles. The fraction of sp³-hybridized carbons (Fsp3) is 0.375. The maximum atomic E-state index is 10.0. The van der Waals surface area contributed by atoms with Gasteiger partial charge in [-0.15, -0.1) is 0 Å². The van der Waals surface area contributed by atoms with E-state index in [1.54, 1.807) is 11.3 Å². The summed E-state index contributed by atoms with van der Waals surface area (Å²) in [5.41, 5.74) is 3.58. The largest absolute Gasteiger partial charge is 0.493 e. The van der Waals surface area contributed by atoms with E-state index >= 15 is 0 Å². The second kappa shape index (κ2) is 5.76. The van der Waals surface area contributed by atoms with E-state index in [0.717, 1.165) is 37.0 Å². The Balaban J connectivity index is 1.69. The zero-order chi connectivity index (χ0) is 13.1. The van der Waals surface area contributed by atoms with Crippen LogP contribution >= 0.6 is 11.3 Å². The van der Waals surface area contributed by atoms with Gasteiger partial charge in [0.05, 0.1) is 12.7 Å². The molecule has 0 saturated carbocycles. The fourth-order valence-electron chi connectivity index (χ4n) is 2.64. The first-order valence-corrected chi connectivity index (χ1v) is 7.72. The van der Waals surface area contributed by atoms with Crippen LogP contribution < -0.4 is 4.74 Å². The zero-order valence-electron chi connectivity index (χ0n) is 10.8. The molecule has 1 heterocycles. The monoisotopic (exact) mass is 274 g/mol. The van der Waals surface area contributed by atoms with Crippen LogP contribution in [-0.4, -0.2) is 11.7 Å². The number of rotatable bonds is 4. The number of thiophene rings is 1. The highest BCUT2D eigenvalue weighted by molar-refractivity contribution is 7.07. The summed E-state index contributed by atoms with van der Waals surface area (Å²) in [6.07, 6.45) is 3.55. The lowest BCUT2D eigenvalue weighted by molar-refractivity contribution is 0.155. The predicted octanol–water partition coefficient (Wildman–Crippen LogP) is 3.74. The van der Waals surface area contributed by atoms with Crippen molar-refractivity contribution in [3.05, 3.63) is 51.7 Å². The number of fused-ring (bicyclic) bond motifs is 1. The third kappa shape index (κ3) is 2.82. The van der Waals surface area contributed by atoms with Crippen LogP contribution in [0.3, 0.4) is 0 Å². The van der Waals surface area contributed by atoms with Gasteiger partial charge in [-0.05, 0) is 58.8 Å². The number of aliphatic hydroxyl groups is 1. The molecule has 3 rings (SSSR count). The maximum absolute atomic E-state index is 10.0. The molecule has 1 aliphatic carbocycles. The van der Waals surface area contributed by atoms with Crippen molar-refractivity contribution in [3.63, 3.8) is 0 Å². The number of ether oxygens (including phenoxy) is 1. The fourth-order valence-corrected chi connectivity index (χ4v) is 3.34. The Kier molecular flexibility index (Phi) is 3.85. The normalized spacial score (nSPS) is 18.1. The van der Waals surface area contributed by atoms with E-state index in [2.05, 4.69) is 16.8 Å². The van der Waals surface area contributed by atoms with Crippen LogP contribution in [-0.2, 0) is 12.8 Å². The van der Waals surface area contributed by atoms with Crippen LogP contribution in [0.25, 0.3) is 0 Å². The van der Waals surface area contributed by atoms with Gasteiger partial charge in [-0.2, -0.15) is 11.3 Å². The lowest BCUT2D eigenvalue weighted by atomic mass is 9.89. The number of aliphatic hydroxyl groups excluding tert-OH is 1. The van der Waals surface area contributed by atoms with Gasteiger partial charge in [0, 0.05) is 6.42 Å². The number of benzene rings is 1. The van der Waals surface area contributed by atoms with Crippen LogP contribution in [0.5, 0.6) is 5.75 Å². The van der Waals surface area contributed by atoms with E-state index in [-0.39, 0.29) is 6.10 Å². The Hall–Kier alpha value is -1.32. The Morgan fingerprint density at radius 2 is 2.26 bits per heavy atom. The molecule has 19 heavy (non-hydrogen) atoms. The first-order chi connectivity index (χ1) is 9.34. The Morgan fingerprint density at radius 3 is 3.11 bits per heavy atom. The van der Waals surface area contributed by atoms with Crippen molar-refractivity contribution in [3.8, 4) is 5.75 Å². The SMILES string of the molecule is OC1CCCc2c(OCCc3ccsc3)cccc21. The van der Waals surface area contributed by atoms with Crippen molar-refractivity contribution in [2.75, 3.05) is 6.61 Å². The summed E-state index contributed by atoms with van der Waals surface area (Å²) in [5, 5.41) is 14.3. The van der Waals surface area contributed by atoms with Crippen LogP contribution in [0.2, 0.25) is 0 Å². The maximum Gasteiger partial charge on any atom is 0.122 e. The molecule has 0 fully saturated rings. The molecule has 0 amide bonds. The van der Waals surface area contributed by atoms with E-state index in [1.165, 1.54) is 11.1 Å². The molecular formula is C16H18O2S. The molecule has 100 valence electrons. The van der Waals surface area contributed by atoms with Gasteiger partial charge in [0.2, 0.25) is 0 Å². The summed E-state index contributed by atoms with van der Waals surface area (Å²) in [7, 11) is 0. The van der Waals surface area contributed by atoms with Crippen molar-refractivity contribution in [1.82, 2.24) is 0 Å². The third-order valence-electron chi connectivity index (χ3n) is 3.66. The van der Waals surface area contributed by atoms with Gasteiger partial charge in [0.1, 0.15) is 5.75 Å². The minimum atomic E-state index is -0.316. The third-order valence-corrected chi connectivity index (χ3v) is 4.39.